The number of hydrogen-bond acceptors (Lipinski definition) is 4. The Morgan fingerprint density at radius 1 is 1.45 bits per heavy atom. The van der Waals surface area contributed by atoms with Crippen molar-refractivity contribution in [3.8, 4) is 5.75 Å². The zero-order valence-corrected chi connectivity index (χ0v) is 11.4. The maximum atomic E-state index is 12.0. The second-order valence-electron chi connectivity index (χ2n) is 3.89. The van der Waals surface area contributed by atoms with Gasteiger partial charge in [0, 0.05) is 5.56 Å². The molecule has 0 spiro atoms. The summed E-state index contributed by atoms with van der Waals surface area (Å²) in [6.07, 6.45) is -2.95. The summed E-state index contributed by atoms with van der Waals surface area (Å²) < 4.78 is 51.4. The summed E-state index contributed by atoms with van der Waals surface area (Å²) in [6, 6.07) is 3.75. The molecule has 6 nitrogen and oxygen atoms in total. The van der Waals surface area contributed by atoms with E-state index in [1.54, 1.807) is 0 Å². The summed E-state index contributed by atoms with van der Waals surface area (Å²) in [5.41, 5.74) is 0.241. The number of nitrogens with two attached hydrogens (primary N) is 1. The first kappa shape index (κ1) is 16.3. The largest absolute Gasteiger partial charge is 0.496 e. The highest BCUT2D eigenvalue weighted by atomic mass is 32.2. The molecule has 0 aromatic heterocycles. The molecule has 0 aliphatic rings. The zero-order valence-electron chi connectivity index (χ0n) is 10.6. The summed E-state index contributed by atoms with van der Waals surface area (Å²) in [5.74, 6) is -0.403. The van der Waals surface area contributed by atoms with Crippen LogP contribution in [0, 0.1) is 0 Å². The average molecular weight is 308 g/mol. The van der Waals surface area contributed by atoms with E-state index in [9.17, 15) is 22.0 Å². The molecule has 0 aliphatic carbocycles. The van der Waals surface area contributed by atoms with Crippen molar-refractivity contribution in [2.45, 2.75) is 17.7 Å². The maximum absolute atomic E-state index is 12.0. The molecule has 3 N–H and O–H groups in total. The van der Waals surface area contributed by atoms with E-state index in [2.05, 4.69) is 0 Å². The predicted octanol–water partition coefficient (Wildman–Crippen LogP) is 0.266. The van der Waals surface area contributed by atoms with Gasteiger partial charge in [-0.2, -0.15) is 0 Å². The molecule has 0 unspecified atom stereocenters. The van der Waals surface area contributed by atoms with Crippen LogP contribution in [0.4, 0.5) is 8.78 Å². The Morgan fingerprint density at radius 2 is 2.10 bits per heavy atom. The van der Waals surface area contributed by atoms with Crippen molar-refractivity contribution in [2.75, 3.05) is 13.7 Å². The minimum Gasteiger partial charge on any atom is -0.496 e. The summed E-state index contributed by atoms with van der Waals surface area (Å²) in [7, 11) is -2.58. The SMILES string of the molecule is COc1ccc(S(N)(=O)=O)cc1CC(=O)NCC(F)F. The van der Waals surface area contributed by atoms with Gasteiger partial charge in [-0.3, -0.25) is 4.79 Å². The molecule has 0 atom stereocenters. The number of carbonyl (C=O) groups is 1. The smallest absolute Gasteiger partial charge is 0.255 e. The topological polar surface area (TPSA) is 98.5 Å². The molecular formula is C11H14F2N2O4S. The van der Waals surface area contributed by atoms with Crippen LogP contribution in [0.1, 0.15) is 5.56 Å². The average Bonchev–Trinajstić information content (AvgIpc) is 2.35. The van der Waals surface area contributed by atoms with E-state index >= 15 is 0 Å². The molecule has 0 fully saturated rings. The number of primary sulfonamides is 1. The number of nitrogens with one attached hydrogen (secondary N) is 1. The minimum atomic E-state index is -3.92. The standard InChI is InChI=1S/C11H14F2N2O4S/c1-19-9-3-2-8(20(14,17)18)4-7(9)5-11(16)15-6-10(12)13/h2-4,10H,5-6H2,1H3,(H,15,16)(H2,14,17,18). The molecule has 20 heavy (non-hydrogen) atoms. The Hall–Kier alpha value is -1.74. The summed E-state index contributed by atoms with van der Waals surface area (Å²) >= 11 is 0. The third-order valence-corrected chi connectivity index (χ3v) is 3.30. The van der Waals surface area contributed by atoms with Crippen LogP contribution in [0.5, 0.6) is 5.75 Å². The van der Waals surface area contributed by atoms with E-state index in [4.69, 9.17) is 9.88 Å². The predicted molar refractivity (Wildman–Crippen MR) is 67.1 cm³/mol. The van der Waals surface area contributed by atoms with Gasteiger partial charge < -0.3 is 10.1 Å². The third-order valence-electron chi connectivity index (χ3n) is 2.38. The Kier molecular flexibility index (Phi) is 5.40. The lowest BCUT2D eigenvalue weighted by molar-refractivity contribution is -0.121. The molecule has 112 valence electrons. The van der Waals surface area contributed by atoms with Gasteiger partial charge in [-0.25, -0.2) is 22.3 Å². The summed E-state index contributed by atoms with van der Waals surface area (Å²) in [5, 5.41) is 6.99. The number of methoxy groups -OCH3 is 1. The second kappa shape index (κ2) is 6.62. The first-order valence-corrected chi connectivity index (χ1v) is 7.03. The molecule has 0 radical (unpaired) electrons. The van der Waals surface area contributed by atoms with Crippen molar-refractivity contribution in [3.05, 3.63) is 23.8 Å². The molecule has 1 aromatic rings. The number of ether oxygens (including phenoxy) is 1. The molecule has 1 aromatic carbocycles. The number of carbonyl (C=O) groups excluding carboxylic acids is 1. The van der Waals surface area contributed by atoms with Gasteiger partial charge in [-0.05, 0) is 18.2 Å². The normalized spacial score (nSPS) is 11.4. The van der Waals surface area contributed by atoms with Gasteiger partial charge >= 0.3 is 0 Å². The molecule has 1 amide bonds. The van der Waals surface area contributed by atoms with Crippen molar-refractivity contribution < 1.29 is 26.7 Å². The molecule has 0 aliphatic heterocycles. The fourth-order valence-electron chi connectivity index (χ4n) is 1.50. The highest BCUT2D eigenvalue weighted by Crippen LogP contribution is 2.22. The van der Waals surface area contributed by atoms with Crippen LogP contribution in [-0.2, 0) is 21.2 Å². The van der Waals surface area contributed by atoms with Crippen LogP contribution >= 0.6 is 0 Å². The number of rotatable bonds is 6. The fourth-order valence-corrected chi connectivity index (χ4v) is 2.06. The van der Waals surface area contributed by atoms with Crippen LogP contribution in [0.3, 0.4) is 0 Å². The first-order chi connectivity index (χ1) is 9.24. The molecule has 0 heterocycles. The summed E-state index contributed by atoms with van der Waals surface area (Å²) in [4.78, 5) is 11.3. The number of amides is 1. The van der Waals surface area contributed by atoms with Crippen LogP contribution in [0.25, 0.3) is 0 Å². The van der Waals surface area contributed by atoms with E-state index in [1.807, 2.05) is 5.32 Å². The number of benzene rings is 1. The maximum Gasteiger partial charge on any atom is 0.255 e. The highest BCUT2D eigenvalue weighted by Gasteiger charge is 2.15. The van der Waals surface area contributed by atoms with Crippen molar-refractivity contribution in [1.29, 1.82) is 0 Å². The zero-order chi connectivity index (χ0) is 15.3. The minimum absolute atomic E-state index is 0.185. The molecule has 9 heteroatoms. The number of alkyl halides is 2. The van der Waals surface area contributed by atoms with E-state index in [1.165, 1.54) is 25.3 Å². The van der Waals surface area contributed by atoms with E-state index < -0.39 is 28.9 Å². The van der Waals surface area contributed by atoms with Crippen LogP contribution in [0.2, 0.25) is 0 Å². The number of sulfonamides is 1. The van der Waals surface area contributed by atoms with Crippen molar-refractivity contribution in [3.63, 3.8) is 0 Å². The number of halogens is 2. The Balaban J connectivity index is 2.95. The molecule has 0 bridgehead atoms. The van der Waals surface area contributed by atoms with Crippen molar-refractivity contribution >= 4 is 15.9 Å². The monoisotopic (exact) mass is 308 g/mol. The number of hydrogen-bond donors (Lipinski definition) is 2. The molecule has 0 saturated heterocycles. The van der Waals surface area contributed by atoms with E-state index in [0.29, 0.717) is 0 Å². The van der Waals surface area contributed by atoms with E-state index in [-0.39, 0.29) is 22.6 Å². The van der Waals surface area contributed by atoms with Crippen LogP contribution < -0.4 is 15.2 Å². The lowest BCUT2D eigenvalue weighted by Crippen LogP contribution is -2.30. The van der Waals surface area contributed by atoms with Gasteiger partial charge in [0.15, 0.2) is 0 Å². The molecular weight excluding hydrogens is 294 g/mol. The van der Waals surface area contributed by atoms with Crippen molar-refractivity contribution in [2.24, 2.45) is 5.14 Å². The first-order valence-electron chi connectivity index (χ1n) is 5.48. The summed E-state index contributed by atoms with van der Waals surface area (Å²) in [6.45, 7) is -0.768. The third kappa shape index (κ3) is 4.74. The quantitative estimate of drug-likeness (QED) is 0.788. The van der Waals surface area contributed by atoms with Gasteiger partial charge in [-0.15, -0.1) is 0 Å². The highest BCUT2D eigenvalue weighted by molar-refractivity contribution is 7.89. The van der Waals surface area contributed by atoms with Gasteiger partial charge in [0.05, 0.1) is 25.0 Å². The van der Waals surface area contributed by atoms with Crippen LogP contribution in [0.15, 0.2) is 23.1 Å². The van der Waals surface area contributed by atoms with Crippen LogP contribution in [-0.4, -0.2) is 34.4 Å². The second-order valence-corrected chi connectivity index (χ2v) is 5.45. The Labute approximate surface area is 115 Å². The lowest BCUT2D eigenvalue weighted by Gasteiger charge is -2.10. The molecule has 0 saturated carbocycles. The van der Waals surface area contributed by atoms with E-state index in [0.717, 1.165) is 0 Å². The van der Waals surface area contributed by atoms with Gasteiger partial charge in [-0.1, -0.05) is 0 Å². The van der Waals surface area contributed by atoms with Crippen molar-refractivity contribution in [1.82, 2.24) is 5.32 Å². The van der Waals surface area contributed by atoms with Gasteiger partial charge in [0.2, 0.25) is 15.9 Å². The molecule has 1 rings (SSSR count). The Bertz CT molecular complexity index is 590. The fraction of sp³-hybridized carbons (Fsp3) is 0.364. The van der Waals surface area contributed by atoms with Gasteiger partial charge in [0.1, 0.15) is 5.75 Å². The van der Waals surface area contributed by atoms with Gasteiger partial charge in [0.25, 0.3) is 6.43 Å². The Morgan fingerprint density at radius 3 is 2.60 bits per heavy atom. The lowest BCUT2D eigenvalue weighted by atomic mass is 10.1.